The molecule has 150 valence electrons. The average Bonchev–Trinajstić information content (AvgIpc) is 3.23. The Morgan fingerprint density at radius 3 is 2.48 bits per heavy atom. The molecular formula is C21H21FN4OS2. The lowest BCUT2D eigenvalue weighted by Crippen LogP contribution is -2.49. The maximum Gasteiger partial charge on any atom is 0.233 e. The zero-order valence-corrected chi connectivity index (χ0v) is 17.5. The summed E-state index contributed by atoms with van der Waals surface area (Å²) in [6.07, 6.45) is 0.589. The predicted octanol–water partition coefficient (Wildman–Crippen LogP) is 3.71. The minimum Gasteiger partial charge on any atom is -0.343 e. The molecule has 3 aromatic rings. The summed E-state index contributed by atoms with van der Waals surface area (Å²) in [6.45, 7) is 2.90. The minimum atomic E-state index is -0.240. The lowest BCUT2D eigenvalue weighted by molar-refractivity contribution is -0.128. The molecule has 2 heterocycles. The van der Waals surface area contributed by atoms with E-state index in [-0.39, 0.29) is 11.7 Å². The SMILES string of the molecule is O=C(CSc1ccccc1)N1CCN(c2nc(Cc3ccc(F)cc3)ns2)CC1. The van der Waals surface area contributed by atoms with E-state index in [1.54, 1.807) is 23.9 Å². The highest BCUT2D eigenvalue weighted by Crippen LogP contribution is 2.22. The molecule has 1 aliphatic heterocycles. The zero-order chi connectivity index (χ0) is 20.1. The van der Waals surface area contributed by atoms with Crippen molar-refractivity contribution in [3.63, 3.8) is 0 Å². The van der Waals surface area contributed by atoms with E-state index in [0.29, 0.717) is 25.3 Å². The predicted molar refractivity (Wildman–Crippen MR) is 115 cm³/mol. The molecule has 2 aromatic carbocycles. The van der Waals surface area contributed by atoms with E-state index in [1.165, 1.54) is 23.7 Å². The van der Waals surface area contributed by atoms with Gasteiger partial charge in [-0.25, -0.2) is 9.37 Å². The molecular weight excluding hydrogens is 407 g/mol. The second-order valence-electron chi connectivity index (χ2n) is 6.77. The number of amides is 1. The Kier molecular flexibility index (Phi) is 6.41. The highest BCUT2D eigenvalue weighted by atomic mass is 32.2. The third kappa shape index (κ3) is 5.33. The molecule has 0 atom stereocenters. The molecule has 1 aromatic heterocycles. The van der Waals surface area contributed by atoms with E-state index < -0.39 is 0 Å². The van der Waals surface area contributed by atoms with Crippen molar-refractivity contribution in [1.82, 2.24) is 14.3 Å². The molecule has 1 amide bonds. The van der Waals surface area contributed by atoms with Gasteiger partial charge in [-0.3, -0.25) is 4.79 Å². The number of halogens is 1. The average molecular weight is 429 g/mol. The van der Waals surface area contributed by atoms with Crippen molar-refractivity contribution in [2.24, 2.45) is 0 Å². The second-order valence-corrected chi connectivity index (χ2v) is 8.55. The maximum absolute atomic E-state index is 13.0. The number of hydrogen-bond acceptors (Lipinski definition) is 6. The summed E-state index contributed by atoms with van der Waals surface area (Å²) >= 11 is 2.95. The summed E-state index contributed by atoms with van der Waals surface area (Å²) in [4.78, 5) is 22.3. The van der Waals surface area contributed by atoms with Gasteiger partial charge >= 0.3 is 0 Å². The normalized spacial score (nSPS) is 14.2. The highest BCUT2D eigenvalue weighted by molar-refractivity contribution is 8.00. The van der Waals surface area contributed by atoms with Crippen LogP contribution in [-0.4, -0.2) is 52.1 Å². The molecule has 0 N–H and O–H groups in total. The molecule has 1 fully saturated rings. The molecule has 0 radical (unpaired) electrons. The smallest absolute Gasteiger partial charge is 0.233 e. The number of thioether (sulfide) groups is 1. The first-order valence-electron chi connectivity index (χ1n) is 9.45. The van der Waals surface area contributed by atoms with Crippen molar-refractivity contribution in [2.75, 3.05) is 36.8 Å². The fraction of sp³-hybridized carbons (Fsp3) is 0.286. The van der Waals surface area contributed by atoms with Crippen LogP contribution in [0.5, 0.6) is 0 Å². The first-order valence-corrected chi connectivity index (χ1v) is 11.2. The van der Waals surface area contributed by atoms with Crippen molar-refractivity contribution in [3.8, 4) is 0 Å². The molecule has 0 unspecified atom stereocenters. The van der Waals surface area contributed by atoms with Crippen molar-refractivity contribution >= 4 is 34.3 Å². The van der Waals surface area contributed by atoms with Gasteiger partial charge in [-0.15, -0.1) is 11.8 Å². The minimum absolute atomic E-state index is 0.174. The van der Waals surface area contributed by atoms with E-state index in [1.807, 2.05) is 35.2 Å². The van der Waals surface area contributed by atoms with Crippen molar-refractivity contribution in [1.29, 1.82) is 0 Å². The van der Waals surface area contributed by atoms with Gasteiger partial charge in [-0.1, -0.05) is 30.3 Å². The number of rotatable bonds is 6. The number of hydrogen-bond donors (Lipinski definition) is 0. The Balaban J connectivity index is 1.26. The van der Waals surface area contributed by atoms with Crippen LogP contribution in [-0.2, 0) is 11.2 Å². The number of anilines is 1. The Labute approximate surface area is 177 Å². The van der Waals surface area contributed by atoms with Gasteiger partial charge in [-0.05, 0) is 29.8 Å². The number of carbonyl (C=O) groups is 1. The fourth-order valence-electron chi connectivity index (χ4n) is 3.13. The molecule has 1 saturated heterocycles. The number of carbonyl (C=O) groups excluding carboxylic acids is 1. The van der Waals surface area contributed by atoms with Crippen molar-refractivity contribution < 1.29 is 9.18 Å². The van der Waals surface area contributed by atoms with E-state index in [0.717, 1.165) is 34.5 Å². The third-order valence-electron chi connectivity index (χ3n) is 4.74. The number of piperazine rings is 1. The summed E-state index contributed by atoms with van der Waals surface area (Å²) in [5.74, 6) is 1.14. The Morgan fingerprint density at radius 1 is 1.03 bits per heavy atom. The van der Waals surface area contributed by atoms with Crippen molar-refractivity contribution in [2.45, 2.75) is 11.3 Å². The van der Waals surface area contributed by atoms with Gasteiger partial charge in [-0.2, -0.15) is 4.37 Å². The standard InChI is InChI=1S/C21H21FN4OS2/c22-17-8-6-16(7-9-17)14-19-23-21(29-24-19)26-12-10-25(11-13-26)20(27)15-28-18-4-2-1-3-5-18/h1-9H,10-15H2. The third-order valence-corrected chi connectivity index (χ3v) is 6.55. The molecule has 8 heteroatoms. The van der Waals surface area contributed by atoms with E-state index in [4.69, 9.17) is 0 Å². The Hall–Kier alpha value is -2.45. The summed E-state index contributed by atoms with van der Waals surface area (Å²) in [5.41, 5.74) is 0.988. The molecule has 0 bridgehead atoms. The largest absolute Gasteiger partial charge is 0.343 e. The van der Waals surface area contributed by atoms with Gasteiger partial charge in [0.05, 0.1) is 5.75 Å². The van der Waals surface area contributed by atoms with Gasteiger partial charge in [0, 0.05) is 49.0 Å². The molecule has 5 nitrogen and oxygen atoms in total. The molecule has 1 aliphatic rings. The Morgan fingerprint density at radius 2 is 1.76 bits per heavy atom. The van der Waals surface area contributed by atoms with Crippen molar-refractivity contribution in [3.05, 3.63) is 71.8 Å². The zero-order valence-electron chi connectivity index (χ0n) is 15.8. The first-order chi connectivity index (χ1) is 14.2. The molecule has 29 heavy (non-hydrogen) atoms. The lowest BCUT2D eigenvalue weighted by atomic mass is 10.1. The maximum atomic E-state index is 13.0. The van der Waals surface area contributed by atoms with E-state index in [2.05, 4.69) is 14.3 Å². The van der Waals surface area contributed by atoms with Crippen LogP contribution in [0.4, 0.5) is 9.52 Å². The van der Waals surface area contributed by atoms with Gasteiger partial charge in [0.1, 0.15) is 11.6 Å². The second kappa shape index (κ2) is 9.37. The summed E-state index contributed by atoms with van der Waals surface area (Å²) in [5, 5.41) is 0.882. The molecule has 0 spiro atoms. The van der Waals surface area contributed by atoms with Gasteiger partial charge in [0.25, 0.3) is 0 Å². The van der Waals surface area contributed by atoms with E-state index >= 15 is 0 Å². The van der Waals surface area contributed by atoms with Crippen LogP contribution < -0.4 is 4.90 Å². The van der Waals surface area contributed by atoms with Crippen LogP contribution in [0.1, 0.15) is 11.4 Å². The lowest BCUT2D eigenvalue weighted by Gasteiger charge is -2.34. The van der Waals surface area contributed by atoms with Crippen LogP contribution in [0, 0.1) is 5.82 Å². The summed E-state index contributed by atoms with van der Waals surface area (Å²) in [6, 6.07) is 16.4. The van der Waals surface area contributed by atoms with Crippen LogP contribution >= 0.6 is 23.3 Å². The first kappa shape index (κ1) is 19.8. The van der Waals surface area contributed by atoms with Crippen LogP contribution in [0.2, 0.25) is 0 Å². The molecule has 0 saturated carbocycles. The van der Waals surface area contributed by atoms with Crippen LogP contribution in [0.3, 0.4) is 0 Å². The number of benzene rings is 2. The quantitative estimate of drug-likeness (QED) is 0.560. The summed E-state index contributed by atoms with van der Waals surface area (Å²) in [7, 11) is 0. The molecule has 0 aliphatic carbocycles. The fourth-order valence-corrected chi connectivity index (χ4v) is 4.69. The monoisotopic (exact) mass is 428 g/mol. The Bertz CT molecular complexity index is 941. The highest BCUT2D eigenvalue weighted by Gasteiger charge is 2.23. The summed E-state index contributed by atoms with van der Waals surface area (Å²) < 4.78 is 17.5. The van der Waals surface area contributed by atoms with Crippen LogP contribution in [0.25, 0.3) is 0 Å². The van der Waals surface area contributed by atoms with Gasteiger partial charge in [0.15, 0.2) is 0 Å². The van der Waals surface area contributed by atoms with E-state index in [9.17, 15) is 9.18 Å². The van der Waals surface area contributed by atoms with Gasteiger partial charge < -0.3 is 9.80 Å². The number of aromatic nitrogens is 2. The number of nitrogens with zero attached hydrogens (tertiary/aromatic N) is 4. The van der Waals surface area contributed by atoms with Gasteiger partial charge in [0.2, 0.25) is 11.0 Å². The molecule has 4 rings (SSSR count). The topological polar surface area (TPSA) is 49.3 Å². The van der Waals surface area contributed by atoms with Crippen LogP contribution in [0.15, 0.2) is 59.5 Å².